The Hall–Kier alpha value is -1.62. The lowest BCUT2D eigenvalue weighted by atomic mass is 10.2. The van der Waals surface area contributed by atoms with E-state index in [1.54, 1.807) is 6.33 Å². The summed E-state index contributed by atoms with van der Waals surface area (Å²) in [6, 6.07) is 4.19. The minimum atomic E-state index is 0.576. The van der Waals surface area contributed by atoms with Gasteiger partial charge in [-0.05, 0) is 25.1 Å². The van der Waals surface area contributed by atoms with Crippen molar-refractivity contribution in [2.45, 2.75) is 33.5 Å². The van der Waals surface area contributed by atoms with Crippen molar-refractivity contribution in [3.8, 4) is 0 Å². The van der Waals surface area contributed by atoms with Crippen LogP contribution in [0, 0.1) is 5.92 Å². The molecule has 0 unspecified atom stereocenters. The van der Waals surface area contributed by atoms with Crippen LogP contribution in [0.2, 0.25) is 0 Å². The van der Waals surface area contributed by atoms with Crippen molar-refractivity contribution >= 4 is 0 Å². The maximum atomic E-state index is 4.36. The first-order valence-electron chi connectivity index (χ1n) is 6.36. The Morgan fingerprint density at radius 3 is 2.94 bits per heavy atom. The van der Waals surface area contributed by atoms with Gasteiger partial charge < -0.3 is 9.88 Å². The van der Waals surface area contributed by atoms with E-state index in [0.29, 0.717) is 5.92 Å². The minimum absolute atomic E-state index is 0.576. The molecule has 0 fully saturated rings. The van der Waals surface area contributed by atoms with Crippen molar-refractivity contribution < 1.29 is 0 Å². The summed E-state index contributed by atoms with van der Waals surface area (Å²) in [5.41, 5.74) is 1.26. The number of hydrogen-bond donors (Lipinski definition) is 1. The van der Waals surface area contributed by atoms with Gasteiger partial charge in [0.2, 0.25) is 0 Å². The van der Waals surface area contributed by atoms with Gasteiger partial charge in [-0.1, -0.05) is 13.8 Å². The summed E-state index contributed by atoms with van der Waals surface area (Å²) in [5, 5.41) is 7.46. The summed E-state index contributed by atoms with van der Waals surface area (Å²) in [6.07, 6.45) is 3.72. The van der Waals surface area contributed by atoms with Gasteiger partial charge in [0.05, 0.1) is 6.54 Å². The molecule has 0 saturated carbocycles. The van der Waals surface area contributed by atoms with Crippen LogP contribution in [0.5, 0.6) is 0 Å². The zero-order valence-electron chi connectivity index (χ0n) is 11.3. The molecule has 2 heterocycles. The fraction of sp³-hybridized carbons (Fsp3) is 0.538. The van der Waals surface area contributed by atoms with Gasteiger partial charge in [0, 0.05) is 25.0 Å². The monoisotopic (exact) mass is 247 g/mol. The van der Waals surface area contributed by atoms with Crippen molar-refractivity contribution in [3.63, 3.8) is 0 Å². The molecule has 0 aliphatic carbocycles. The van der Waals surface area contributed by atoms with Gasteiger partial charge in [-0.25, -0.2) is 9.67 Å². The van der Waals surface area contributed by atoms with Crippen LogP contribution in [-0.2, 0) is 19.6 Å². The maximum Gasteiger partial charge on any atom is 0.146 e. The Morgan fingerprint density at radius 1 is 1.39 bits per heavy atom. The first-order valence-corrected chi connectivity index (χ1v) is 6.36. The van der Waals surface area contributed by atoms with E-state index in [9.17, 15) is 0 Å². The Labute approximate surface area is 108 Å². The standard InChI is InChI=1S/C13H21N5/c1-11(2)8-18-13(15-10-16-18)9-17-6-4-5-12(17)7-14-3/h4-6,10-11,14H,7-9H2,1-3H3. The third kappa shape index (κ3) is 2.98. The molecule has 0 spiro atoms. The summed E-state index contributed by atoms with van der Waals surface area (Å²) in [4.78, 5) is 4.36. The van der Waals surface area contributed by atoms with Gasteiger partial charge in [-0.3, -0.25) is 0 Å². The number of nitrogens with zero attached hydrogens (tertiary/aromatic N) is 4. The molecule has 0 radical (unpaired) electrons. The largest absolute Gasteiger partial charge is 0.343 e. The van der Waals surface area contributed by atoms with E-state index in [4.69, 9.17) is 0 Å². The van der Waals surface area contributed by atoms with Crippen LogP contribution < -0.4 is 5.32 Å². The lowest BCUT2D eigenvalue weighted by Crippen LogP contribution is -2.16. The van der Waals surface area contributed by atoms with Gasteiger partial charge in [0.25, 0.3) is 0 Å². The number of nitrogens with one attached hydrogen (secondary N) is 1. The predicted molar refractivity (Wildman–Crippen MR) is 71.2 cm³/mol. The molecule has 2 aromatic heterocycles. The first kappa shape index (κ1) is 12.8. The van der Waals surface area contributed by atoms with E-state index in [-0.39, 0.29) is 0 Å². The molecule has 1 N–H and O–H groups in total. The average molecular weight is 247 g/mol. The molecule has 0 amide bonds. The van der Waals surface area contributed by atoms with E-state index in [1.165, 1.54) is 5.69 Å². The highest BCUT2D eigenvalue weighted by molar-refractivity contribution is 5.08. The molecule has 2 aromatic rings. The first-order chi connectivity index (χ1) is 8.70. The van der Waals surface area contributed by atoms with Crippen LogP contribution in [0.15, 0.2) is 24.7 Å². The second-order valence-electron chi connectivity index (χ2n) is 4.91. The second-order valence-corrected chi connectivity index (χ2v) is 4.91. The zero-order chi connectivity index (χ0) is 13.0. The quantitative estimate of drug-likeness (QED) is 0.841. The lowest BCUT2D eigenvalue weighted by molar-refractivity contribution is 0.459. The maximum absolute atomic E-state index is 4.36. The minimum Gasteiger partial charge on any atom is -0.343 e. The van der Waals surface area contributed by atoms with Gasteiger partial charge >= 0.3 is 0 Å². The van der Waals surface area contributed by atoms with Crippen LogP contribution in [-0.4, -0.2) is 26.4 Å². The normalized spacial score (nSPS) is 11.3. The Bertz CT molecular complexity index is 483. The van der Waals surface area contributed by atoms with Crippen molar-refractivity contribution in [3.05, 3.63) is 36.2 Å². The fourth-order valence-corrected chi connectivity index (χ4v) is 2.01. The highest BCUT2D eigenvalue weighted by Crippen LogP contribution is 2.07. The van der Waals surface area contributed by atoms with Crippen molar-refractivity contribution in [2.75, 3.05) is 7.05 Å². The molecule has 0 aliphatic rings. The van der Waals surface area contributed by atoms with Crippen molar-refractivity contribution in [1.82, 2.24) is 24.6 Å². The number of rotatable bonds is 6. The fourth-order valence-electron chi connectivity index (χ4n) is 2.01. The average Bonchev–Trinajstić information content (AvgIpc) is 2.91. The molecule has 18 heavy (non-hydrogen) atoms. The van der Waals surface area contributed by atoms with Gasteiger partial charge in [-0.15, -0.1) is 0 Å². The van der Waals surface area contributed by atoms with Crippen LogP contribution in [0.4, 0.5) is 0 Å². The molecular weight excluding hydrogens is 226 g/mol. The Morgan fingerprint density at radius 2 is 2.22 bits per heavy atom. The Balaban J connectivity index is 2.13. The van der Waals surface area contributed by atoms with Crippen LogP contribution in [0.1, 0.15) is 25.4 Å². The van der Waals surface area contributed by atoms with Gasteiger partial charge in [0.15, 0.2) is 0 Å². The summed E-state index contributed by atoms with van der Waals surface area (Å²) in [7, 11) is 1.96. The van der Waals surface area contributed by atoms with E-state index in [1.807, 2.05) is 11.7 Å². The molecule has 0 aliphatic heterocycles. The van der Waals surface area contributed by atoms with Crippen LogP contribution in [0.3, 0.4) is 0 Å². The topological polar surface area (TPSA) is 47.7 Å². The third-order valence-corrected chi connectivity index (χ3v) is 2.83. The van der Waals surface area contributed by atoms with Crippen molar-refractivity contribution in [1.29, 1.82) is 0 Å². The molecule has 0 aromatic carbocycles. The molecule has 2 rings (SSSR count). The summed E-state index contributed by atoms with van der Waals surface area (Å²) in [5.74, 6) is 1.59. The van der Waals surface area contributed by atoms with Crippen molar-refractivity contribution in [2.24, 2.45) is 5.92 Å². The highest BCUT2D eigenvalue weighted by Gasteiger charge is 2.08. The predicted octanol–water partition coefficient (Wildman–Crippen LogP) is 1.50. The van der Waals surface area contributed by atoms with E-state index >= 15 is 0 Å². The molecule has 0 saturated heterocycles. The lowest BCUT2D eigenvalue weighted by Gasteiger charge is -2.11. The van der Waals surface area contributed by atoms with Gasteiger partial charge in [0.1, 0.15) is 12.2 Å². The molecule has 0 bridgehead atoms. The molecule has 0 atom stereocenters. The Kier molecular flexibility index (Phi) is 4.15. The SMILES string of the molecule is CNCc1cccn1Cc1ncnn1CC(C)C. The molecule has 98 valence electrons. The highest BCUT2D eigenvalue weighted by atomic mass is 15.3. The third-order valence-electron chi connectivity index (χ3n) is 2.83. The van der Waals surface area contributed by atoms with Crippen LogP contribution >= 0.6 is 0 Å². The molecular formula is C13H21N5. The van der Waals surface area contributed by atoms with Crippen LogP contribution in [0.25, 0.3) is 0 Å². The van der Waals surface area contributed by atoms with E-state index < -0.39 is 0 Å². The number of aromatic nitrogens is 4. The second kappa shape index (κ2) is 5.82. The number of hydrogen-bond acceptors (Lipinski definition) is 3. The summed E-state index contributed by atoms with van der Waals surface area (Å²) < 4.78 is 4.20. The molecule has 5 nitrogen and oxygen atoms in total. The molecule has 5 heteroatoms. The van der Waals surface area contributed by atoms with Gasteiger partial charge in [-0.2, -0.15) is 5.10 Å². The zero-order valence-corrected chi connectivity index (χ0v) is 11.3. The summed E-state index contributed by atoms with van der Waals surface area (Å²) >= 11 is 0. The summed E-state index contributed by atoms with van der Waals surface area (Å²) in [6.45, 7) is 6.93. The van der Waals surface area contributed by atoms with E-state index in [2.05, 4.69) is 52.1 Å². The van der Waals surface area contributed by atoms with E-state index in [0.717, 1.165) is 25.5 Å². The smallest absolute Gasteiger partial charge is 0.146 e.